The molecule has 0 amide bonds. The zero-order valence-electron chi connectivity index (χ0n) is 9.99. The first-order chi connectivity index (χ1) is 8.75. The Morgan fingerprint density at radius 3 is 2.63 bits per heavy atom. The molecule has 0 aliphatic rings. The number of rotatable bonds is 6. The molecule has 0 aliphatic carbocycles. The van der Waals surface area contributed by atoms with Crippen molar-refractivity contribution in [1.29, 1.82) is 0 Å². The first kappa shape index (κ1) is 15.1. The van der Waals surface area contributed by atoms with Crippen molar-refractivity contribution >= 4 is 21.7 Å². The summed E-state index contributed by atoms with van der Waals surface area (Å²) in [6.07, 6.45) is -0.404. The summed E-state index contributed by atoms with van der Waals surface area (Å²) >= 11 is 0. The van der Waals surface area contributed by atoms with E-state index < -0.39 is 37.9 Å². The van der Waals surface area contributed by atoms with Crippen molar-refractivity contribution in [2.24, 2.45) is 0 Å². The van der Waals surface area contributed by atoms with E-state index in [0.29, 0.717) is 0 Å². The second-order valence-corrected chi connectivity index (χ2v) is 5.43. The minimum atomic E-state index is -4.12. The monoisotopic (exact) mass is 288 g/mol. The summed E-state index contributed by atoms with van der Waals surface area (Å²) in [4.78, 5) is 19.9. The summed E-state index contributed by atoms with van der Waals surface area (Å²) in [6, 6.07) is 3.89. The van der Waals surface area contributed by atoms with Gasteiger partial charge in [0.25, 0.3) is 5.69 Å². The number of carbonyl (C=O) groups is 1. The molecule has 1 aromatic carbocycles. The highest BCUT2D eigenvalue weighted by molar-refractivity contribution is 7.89. The van der Waals surface area contributed by atoms with E-state index in [-0.39, 0.29) is 12.1 Å². The summed E-state index contributed by atoms with van der Waals surface area (Å²) < 4.78 is 25.9. The van der Waals surface area contributed by atoms with Crippen molar-refractivity contribution < 1.29 is 23.2 Å². The van der Waals surface area contributed by atoms with Crippen LogP contribution in [0.25, 0.3) is 0 Å². The fourth-order valence-electron chi connectivity index (χ4n) is 1.49. The van der Waals surface area contributed by atoms with Crippen LogP contribution < -0.4 is 4.72 Å². The molecule has 0 heterocycles. The van der Waals surface area contributed by atoms with Crippen LogP contribution in [0.4, 0.5) is 5.69 Å². The number of aliphatic carboxylic acids is 1. The van der Waals surface area contributed by atoms with Gasteiger partial charge in [-0.2, -0.15) is 0 Å². The minimum Gasteiger partial charge on any atom is -0.481 e. The van der Waals surface area contributed by atoms with Gasteiger partial charge in [0.05, 0.1) is 11.3 Å². The molecule has 0 aliphatic heterocycles. The number of nitrogens with zero attached hydrogens (tertiary/aromatic N) is 1. The SMILES string of the molecule is Cc1cccc([N+](=O)[O-])c1S(=O)(=O)NCCC(=O)O. The largest absolute Gasteiger partial charge is 0.481 e. The smallest absolute Gasteiger partial charge is 0.304 e. The average Bonchev–Trinajstić information content (AvgIpc) is 2.27. The highest BCUT2D eigenvalue weighted by atomic mass is 32.2. The molecule has 0 saturated heterocycles. The molecule has 8 nitrogen and oxygen atoms in total. The van der Waals surface area contributed by atoms with Gasteiger partial charge in [-0.1, -0.05) is 12.1 Å². The molecule has 1 rings (SSSR count). The molecule has 0 unspecified atom stereocenters. The van der Waals surface area contributed by atoms with Gasteiger partial charge < -0.3 is 5.11 Å². The van der Waals surface area contributed by atoms with E-state index >= 15 is 0 Å². The molecule has 0 aromatic heterocycles. The van der Waals surface area contributed by atoms with E-state index in [9.17, 15) is 23.3 Å². The third kappa shape index (κ3) is 3.73. The number of nitro groups is 1. The minimum absolute atomic E-state index is 0.219. The molecule has 1 aromatic rings. The molecule has 2 N–H and O–H groups in total. The summed E-state index contributed by atoms with van der Waals surface area (Å²) in [5.41, 5.74) is -0.320. The van der Waals surface area contributed by atoms with E-state index in [2.05, 4.69) is 0 Å². The van der Waals surface area contributed by atoms with E-state index in [4.69, 9.17) is 5.11 Å². The molecule has 0 saturated carbocycles. The first-order valence-corrected chi connectivity index (χ1v) is 6.69. The number of carboxylic acid groups (broad SMARTS) is 1. The van der Waals surface area contributed by atoms with E-state index in [0.717, 1.165) is 6.07 Å². The predicted molar refractivity (Wildman–Crippen MR) is 65.3 cm³/mol. The molecular formula is C10H12N2O6S. The fraction of sp³-hybridized carbons (Fsp3) is 0.300. The topological polar surface area (TPSA) is 127 Å². The maximum absolute atomic E-state index is 12.0. The van der Waals surface area contributed by atoms with Crippen LogP contribution in [0.2, 0.25) is 0 Å². The van der Waals surface area contributed by atoms with Gasteiger partial charge in [-0.25, -0.2) is 13.1 Å². The normalized spacial score (nSPS) is 11.2. The lowest BCUT2D eigenvalue weighted by Crippen LogP contribution is -2.27. The van der Waals surface area contributed by atoms with Crippen molar-refractivity contribution in [2.45, 2.75) is 18.2 Å². The molecule has 0 fully saturated rings. The molecule has 0 bridgehead atoms. The number of nitro benzene ring substituents is 1. The number of hydrogen-bond acceptors (Lipinski definition) is 5. The van der Waals surface area contributed by atoms with Crippen LogP contribution in [-0.2, 0) is 14.8 Å². The molecule has 0 atom stereocenters. The lowest BCUT2D eigenvalue weighted by molar-refractivity contribution is -0.387. The Labute approximate surface area is 109 Å². The molecule has 0 spiro atoms. The highest BCUT2D eigenvalue weighted by Gasteiger charge is 2.27. The molecule has 0 radical (unpaired) electrons. The Morgan fingerprint density at radius 2 is 2.11 bits per heavy atom. The standard InChI is InChI=1S/C10H12N2O6S/c1-7-3-2-4-8(12(15)16)10(7)19(17,18)11-6-5-9(13)14/h2-4,11H,5-6H2,1H3,(H,13,14). The van der Waals surface area contributed by atoms with Crippen LogP contribution in [0.1, 0.15) is 12.0 Å². The Kier molecular flexibility index (Phi) is 4.57. The third-order valence-corrected chi connectivity index (χ3v) is 3.94. The number of benzene rings is 1. The van der Waals surface area contributed by atoms with Crippen LogP contribution in [0, 0.1) is 17.0 Å². The van der Waals surface area contributed by atoms with Crippen molar-refractivity contribution in [3.8, 4) is 0 Å². The lowest BCUT2D eigenvalue weighted by Gasteiger charge is -2.08. The summed E-state index contributed by atoms with van der Waals surface area (Å²) in [6.45, 7) is 1.10. The molecule has 104 valence electrons. The van der Waals surface area contributed by atoms with E-state index in [1.807, 2.05) is 4.72 Å². The maximum atomic E-state index is 12.0. The van der Waals surface area contributed by atoms with Crippen LogP contribution in [0.3, 0.4) is 0 Å². The van der Waals surface area contributed by atoms with Crippen molar-refractivity contribution in [2.75, 3.05) is 6.54 Å². The fourth-order valence-corrected chi connectivity index (χ4v) is 2.92. The van der Waals surface area contributed by atoms with Crippen LogP contribution in [0.15, 0.2) is 23.1 Å². The number of hydrogen-bond donors (Lipinski definition) is 2. The number of aryl methyl sites for hydroxylation is 1. The van der Waals surface area contributed by atoms with Crippen LogP contribution in [0.5, 0.6) is 0 Å². The van der Waals surface area contributed by atoms with Crippen LogP contribution >= 0.6 is 0 Å². The maximum Gasteiger partial charge on any atom is 0.304 e. The first-order valence-electron chi connectivity index (χ1n) is 5.21. The van der Waals surface area contributed by atoms with Gasteiger partial charge in [0.15, 0.2) is 4.90 Å². The van der Waals surface area contributed by atoms with E-state index in [1.165, 1.54) is 19.1 Å². The average molecular weight is 288 g/mol. The van der Waals surface area contributed by atoms with Gasteiger partial charge in [0.1, 0.15) is 0 Å². The number of carboxylic acids is 1. The highest BCUT2D eigenvalue weighted by Crippen LogP contribution is 2.26. The van der Waals surface area contributed by atoms with Gasteiger partial charge in [-0.05, 0) is 12.5 Å². The van der Waals surface area contributed by atoms with Gasteiger partial charge >= 0.3 is 5.97 Å². The Hall–Kier alpha value is -2.00. The Morgan fingerprint density at radius 1 is 1.47 bits per heavy atom. The summed E-state index contributed by atoms with van der Waals surface area (Å²) in [5.74, 6) is -1.16. The third-order valence-electron chi connectivity index (χ3n) is 2.29. The molecular weight excluding hydrogens is 276 g/mol. The number of nitrogens with one attached hydrogen (secondary N) is 1. The van der Waals surface area contributed by atoms with Gasteiger partial charge in [-0.15, -0.1) is 0 Å². The Bertz CT molecular complexity index is 610. The second-order valence-electron chi connectivity index (χ2n) is 3.72. The zero-order valence-corrected chi connectivity index (χ0v) is 10.8. The van der Waals surface area contributed by atoms with Gasteiger partial charge in [0, 0.05) is 12.6 Å². The molecule has 19 heavy (non-hydrogen) atoms. The lowest BCUT2D eigenvalue weighted by atomic mass is 10.2. The summed E-state index contributed by atoms with van der Waals surface area (Å²) in [5, 5.41) is 19.3. The zero-order chi connectivity index (χ0) is 14.6. The van der Waals surface area contributed by atoms with Crippen molar-refractivity contribution in [3.63, 3.8) is 0 Å². The van der Waals surface area contributed by atoms with Crippen molar-refractivity contribution in [3.05, 3.63) is 33.9 Å². The van der Waals surface area contributed by atoms with Crippen LogP contribution in [-0.4, -0.2) is 31.0 Å². The summed E-state index contributed by atoms with van der Waals surface area (Å²) in [7, 11) is -4.12. The van der Waals surface area contributed by atoms with Gasteiger partial charge in [-0.3, -0.25) is 14.9 Å². The van der Waals surface area contributed by atoms with Gasteiger partial charge in [0.2, 0.25) is 10.0 Å². The number of sulfonamides is 1. The predicted octanol–water partition coefficient (Wildman–Crippen LogP) is 0.656. The quantitative estimate of drug-likeness (QED) is 0.584. The Balaban J connectivity index is 3.14. The second kappa shape index (κ2) is 5.76. The van der Waals surface area contributed by atoms with E-state index in [1.54, 1.807) is 0 Å². The molecule has 9 heteroatoms. The van der Waals surface area contributed by atoms with Crippen molar-refractivity contribution in [1.82, 2.24) is 4.72 Å².